The third-order valence-electron chi connectivity index (χ3n) is 9.84. The van der Waals surface area contributed by atoms with Crippen LogP contribution in [0.15, 0.2) is 165 Å². The van der Waals surface area contributed by atoms with Crippen molar-refractivity contribution in [2.75, 3.05) is 0 Å². The first-order chi connectivity index (χ1) is 25.3. The summed E-state index contributed by atoms with van der Waals surface area (Å²) in [6, 6.07) is 45.4. The highest BCUT2D eigenvalue weighted by Gasteiger charge is 2.20. The van der Waals surface area contributed by atoms with E-state index in [1.54, 1.807) is 0 Å². The van der Waals surface area contributed by atoms with Gasteiger partial charge in [-0.1, -0.05) is 60.7 Å². The SMILES string of the molecule is c1ccc(-c2ccc3oc4c(-c5cc(-c6ccnc7c6oc6ccccc67)cc(-c6ccnc7c6oc6ccccc67)c5)ccnc4c3c2)cc1. The van der Waals surface area contributed by atoms with Crippen molar-refractivity contribution in [1.82, 2.24) is 15.0 Å². The fraction of sp³-hybridized carbons (Fsp3) is 0. The van der Waals surface area contributed by atoms with Crippen LogP contribution in [0.1, 0.15) is 0 Å². The van der Waals surface area contributed by atoms with Gasteiger partial charge in [-0.2, -0.15) is 0 Å². The second-order valence-electron chi connectivity index (χ2n) is 12.8. The van der Waals surface area contributed by atoms with E-state index in [9.17, 15) is 0 Å². The van der Waals surface area contributed by atoms with E-state index in [2.05, 4.69) is 54.6 Å². The van der Waals surface area contributed by atoms with Crippen LogP contribution in [-0.2, 0) is 0 Å². The maximum absolute atomic E-state index is 6.62. The van der Waals surface area contributed by atoms with Crippen LogP contribution in [0.25, 0.3) is 111 Å². The number of hydrogen-bond acceptors (Lipinski definition) is 6. The zero-order chi connectivity index (χ0) is 33.5. The van der Waals surface area contributed by atoms with E-state index in [0.717, 1.165) is 111 Å². The largest absolute Gasteiger partial charge is 0.454 e. The molecule has 0 bridgehead atoms. The summed E-state index contributed by atoms with van der Waals surface area (Å²) in [4.78, 5) is 14.3. The van der Waals surface area contributed by atoms with Crippen LogP contribution in [0.2, 0.25) is 0 Å². The predicted molar refractivity (Wildman–Crippen MR) is 203 cm³/mol. The second-order valence-corrected chi connectivity index (χ2v) is 12.8. The number of fused-ring (bicyclic) bond motifs is 9. The van der Waals surface area contributed by atoms with Gasteiger partial charge in [0.1, 0.15) is 33.3 Å². The van der Waals surface area contributed by atoms with Gasteiger partial charge in [0.15, 0.2) is 16.7 Å². The lowest BCUT2D eigenvalue weighted by Gasteiger charge is -2.12. The Bertz CT molecular complexity index is 3020. The van der Waals surface area contributed by atoms with Gasteiger partial charge in [0.05, 0.1) is 0 Å². The van der Waals surface area contributed by atoms with Gasteiger partial charge < -0.3 is 13.3 Å². The number of pyridine rings is 3. The highest BCUT2D eigenvalue weighted by atomic mass is 16.3. The molecule has 0 aliphatic heterocycles. The van der Waals surface area contributed by atoms with Crippen molar-refractivity contribution in [3.05, 3.63) is 152 Å². The van der Waals surface area contributed by atoms with Crippen molar-refractivity contribution in [3.8, 4) is 44.5 Å². The van der Waals surface area contributed by atoms with Crippen LogP contribution < -0.4 is 0 Å². The molecule has 0 fully saturated rings. The Morgan fingerprint density at radius 3 is 1.25 bits per heavy atom. The van der Waals surface area contributed by atoms with Gasteiger partial charge in [-0.05, 0) is 101 Å². The number of aromatic nitrogens is 3. The number of benzene rings is 5. The number of furan rings is 3. The minimum atomic E-state index is 0.730. The molecule has 6 heterocycles. The van der Waals surface area contributed by atoms with E-state index in [1.807, 2.05) is 97.5 Å². The minimum absolute atomic E-state index is 0.730. The van der Waals surface area contributed by atoms with E-state index < -0.39 is 0 Å². The molecule has 0 atom stereocenters. The molecule has 6 aromatic heterocycles. The molecule has 0 saturated heterocycles. The Morgan fingerprint density at radius 1 is 0.314 bits per heavy atom. The molecule has 238 valence electrons. The lowest BCUT2D eigenvalue weighted by Crippen LogP contribution is -1.89. The Balaban J connectivity index is 1.18. The Labute approximate surface area is 290 Å². The Hall–Kier alpha value is -7.05. The summed E-state index contributed by atoms with van der Waals surface area (Å²) in [5.41, 5.74) is 15.1. The molecule has 0 N–H and O–H groups in total. The fourth-order valence-corrected chi connectivity index (χ4v) is 7.45. The first-order valence-corrected chi connectivity index (χ1v) is 16.8. The lowest BCUT2D eigenvalue weighted by atomic mass is 9.93. The van der Waals surface area contributed by atoms with Crippen LogP contribution in [0.3, 0.4) is 0 Å². The quantitative estimate of drug-likeness (QED) is 0.188. The average molecular weight is 656 g/mol. The first-order valence-electron chi connectivity index (χ1n) is 16.8. The van der Waals surface area contributed by atoms with Crippen molar-refractivity contribution in [3.63, 3.8) is 0 Å². The fourth-order valence-electron chi connectivity index (χ4n) is 7.45. The van der Waals surface area contributed by atoms with Crippen LogP contribution in [0.4, 0.5) is 0 Å². The second kappa shape index (κ2) is 10.7. The molecule has 0 saturated carbocycles. The smallest absolute Gasteiger partial charge is 0.161 e. The summed E-state index contributed by atoms with van der Waals surface area (Å²) < 4.78 is 19.6. The molecule has 5 aromatic carbocycles. The van der Waals surface area contributed by atoms with Gasteiger partial charge in [-0.25, -0.2) is 0 Å². The molecule has 6 nitrogen and oxygen atoms in total. The maximum atomic E-state index is 6.62. The van der Waals surface area contributed by atoms with Crippen molar-refractivity contribution in [2.24, 2.45) is 0 Å². The van der Waals surface area contributed by atoms with E-state index in [4.69, 9.17) is 28.2 Å². The first kappa shape index (κ1) is 27.9. The highest BCUT2D eigenvalue weighted by molar-refractivity contribution is 6.11. The molecule has 0 aliphatic carbocycles. The molecule has 0 amide bonds. The Morgan fingerprint density at radius 2 is 0.745 bits per heavy atom. The van der Waals surface area contributed by atoms with E-state index >= 15 is 0 Å². The molecule has 11 rings (SSSR count). The van der Waals surface area contributed by atoms with Crippen molar-refractivity contribution < 1.29 is 13.3 Å². The highest BCUT2D eigenvalue weighted by Crippen LogP contribution is 2.43. The lowest BCUT2D eigenvalue weighted by molar-refractivity contribution is 0.669. The number of para-hydroxylation sites is 2. The summed E-state index contributed by atoms with van der Waals surface area (Å²) >= 11 is 0. The van der Waals surface area contributed by atoms with Crippen molar-refractivity contribution in [1.29, 1.82) is 0 Å². The normalized spacial score (nSPS) is 11.9. The molecule has 11 aromatic rings. The predicted octanol–water partition coefficient (Wildman–Crippen LogP) is 12.2. The van der Waals surface area contributed by atoms with Crippen molar-refractivity contribution in [2.45, 2.75) is 0 Å². The van der Waals surface area contributed by atoms with Crippen LogP contribution >= 0.6 is 0 Å². The van der Waals surface area contributed by atoms with E-state index in [1.165, 1.54) is 0 Å². The third-order valence-corrected chi connectivity index (χ3v) is 9.84. The zero-order valence-electron chi connectivity index (χ0n) is 27.0. The summed E-state index contributed by atoms with van der Waals surface area (Å²) in [6.07, 6.45) is 5.57. The average Bonchev–Trinajstić information content (AvgIpc) is 3.89. The summed E-state index contributed by atoms with van der Waals surface area (Å²) in [5.74, 6) is 0. The molecule has 0 aliphatic rings. The topological polar surface area (TPSA) is 78.1 Å². The zero-order valence-corrected chi connectivity index (χ0v) is 27.0. The third kappa shape index (κ3) is 4.26. The maximum Gasteiger partial charge on any atom is 0.161 e. The summed E-state index contributed by atoms with van der Waals surface area (Å²) in [7, 11) is 0. The van der Waals surface area contributed by atoms with Crippen molar-refractivity contribution >= 4 is 66.2 Å². The van der Waals surface area contributed by atoms with Gasteiger partial charge in [-0.15, -0.1) is 0 Å². The van der Waals surface area contributed by atoms with Gasteiger partial charge in [0, 0.05) is 51.4 Å². The molecule has 0 radical (unpaired) electrons. The number of rotatable bonds is 4. The number of hydrogen-bond donors (Lipinski definition) is 0. The molecular weight excluding hydrogens is 631 g/mol. The molecule has 0 spiro atoms. The standard InChI is InChI=1S/C45H25N3O3/c1-2-8-26(9-3-1)27-14-15-39-36(25-27)42-45(51-39)33(18-21-48-42)30-23-28(31-16-19-46-40-34-10-4-6-12-37(34)49-43(31)40)22-29(24-30)32-17-20-47-41-35-11-5-7-13-38(35)50-44(32)41/h1-25H. The number of nitrogens with zero attached hydrogens (tertiary/aromatic N) is 3. The van der Waals surface area contributed by atoms with E-state index in [0.29, 0.717) is 0 Å². The van der Waals surface area contributed by atoms with Crippen LogP contribution in [0.5, 0.6) is 0 Å². The molecule has 0 unspecified atom stereocenters. The van der Waals surface area contributed by atoms with Gasteiger partial charge in [0.2, 0.25) is 0 Å². The molecule has 6 heteroatoms. The summed E-state index contributed by atoms with van der Waals surface area (Å²) in [6.45, 7) is 0. The van der Waals surface area contributed by atoms with Gasteiger partial charge >= 0.3 is 0 Å². The van der Waals surface area contributed by atoms with Gasteiger partial charge in [-0.3, -0.25) is 15.0 Å². The molecule has 51 heavy (non-hydrogen) atoms. The monoisotopic (exact) mass is 655 g/mol. The minimum Gasteiger partial charge on any atom is -0.454 e. The van der Waals surface area contributed by atoms with E-state index in [-0.39, 0.29) is 0 Å². The van der Waals surface area contributed by atoms with Gasteiger partial charge in [0.25, 0.3) is 0 Å². The molecular formula is C45H25N3O3. The Kier molecular flexibility index (Phi) is 5.86. The summed E-state index contributed by atoms with van der Waals surface area (Å²) in [5, 5.41) is 2.94. The van der Waals surface area contributed by atoms with Crippen LogP contribution in [-0.4, -0.2) is 15.0 Å². The van der Waals surface area contributed by atoms with Crippen LogP contribution in [0, 0.1) is 0 Å².